The summed E-state index contributed by atoms with van der Waals surface area (Å²) in [5.41, 5.74) is 0.496. The molecule has 0 spiro atoms. The van der Waals surface area contributed by atoms with Gasteiger partial charge in [0.1, 0.15) is 0 Å². The lowest BCUT2D eigenvalue weighted by Crippen LogP contribution is -2.37. The summed E-state index contributed by atoms with van der Waals surface area (Å²) in [7, 11) is 1.50. The Hall–Kier alpha value is -1.66. The fraction of sp³-hybridized carbons (Fsp3) is 0.500. The van der Waals surface area contributed by atoms with E-state index in [1.807, 2.05) is 0 Å². The second-order valence-corrected chi connectivity index (χ2v) is 4.07. The van der Waals surface area contributed by atoms with Crippen molar-refractivity contribution in [3.8, 4) is 5.88 Å². The largest absolute Gasteiger partial charge is 0.481 e. The number of aliphatic hydroxyl groups excluding tert-OH is 1. The van der Waals surface area contributed by atoms with Crippen LogP contribution >= 0.6 is 0 Å². The third-order valence-corrected chi connectivity index (χ3v) is 2.73. The Morgan fingerprint density at radius 2 is 2.50 bits per heavy atom. The maximum absolute atomic E-state index is 12.2. The highest BCUT2D eigenvalue weighted by Gasteiger charge is 2.22. The van der Waals surface area contributed by atoms with Gasteiger partial charge in [-0.15, -0.1) is 0 Å². The smallest absolute Gasteiger partial charge is 0.254 e. The first kappa shape index (κ1) is 12.8. The molecule has 1 aromatic rings. The zero-order chi connectivity index (χ0) is 13.0. The number of methoxy groups -OCH3 is 1. The molecule has 0 unspecified atom stereocenters. The molecule has 1 aliphatic heterocycles. The molecule has 6 heteroatoms. The molecule has 0 aromatic carbocycles. The lowest BCUT2D eigenvalue weighted by molar-refractivity contribution is 0.0534. The first-order valence-electron chi connectivity index (χ1n) is 5.76. The quantitative estimate of drug-likeness (QED) is 0.797. The molecule has 6 nitrogen and oxygen atoms in total. The number of ether oxygens (including phenoxy) is 2. The summed E-state index contributed by atoms with van der Waals surface area (Å²) in [5, 5.41) is 9.60. The third kappa shape index (κ3) is 2.96. The summed E-state index contributed by atoms with van der Waals surface area (Å²) in [6.07, 6.45) is 0.886. The molecular weight excluding hydrogens is 236 g/mol. The second kappa shape index (κ2) is 5.79. The number of aromatic nitrogens is 1. The van der Waals surface area contributed by atoms with Crippen molar-refractivity contribution in [1.29, 1.82) is 0 Å². The zero-order valence-corrected chi connectivity index (χ0v) is 10.2. The number of hydrogen-bond acceptors (Lipinski definition) is 5. The maximum atomic E-state index is 12.2. The van der Waals surface area contributed by atoms with E-state index in [4.69, 9.17) is 9.47 Å². The topological polar surface area (TPSA) is 71.9 Å². The van der Waals surface area contributed by atoms with Gasteiger partial charge in [0.05, 0.1) is 26.4 Å². The standard InChI is InChI=1S/C12H16N2O4/c1-17-11-6-9(2-3-13-11)12(16)14-4-5-18-8-10(15)7-14/h2-3,6,10,15H,4-5,7-8H2,1H3/t10-/m1/s1. The van der Waals surface area contributed by atoms with Gasteiger partial charge in [-0.2, -0.15) is 0 Å². The lowest BCUT2D eigenvalue weighted by Gasteiger charge is -2.21. The van der Waals surface area contributed by atoms with Crippen molar-refractivity contribution in [3.63, 3.8) is 0 Å². The van der Waals surface area contributed by atoms with E-state index in [1.165, 1.54) is 13.3 Å². The molecule has 1 aliphatic rings. The molecule has 1 atom stereocenters. The summed E-state index contributed by atoms with van der Waals surface area (Å²) < 4.78 is 10.2. The highest BCUT2D eigenvalue weighted by molar-refractivity contribution is 5.94. The van der Waals surface area contributed by atoms with Gasteiger partial charge in [0.15, 0.2) is 0 Å². The van der Waals surface area contributed by atoms with Gasteiger partial charge in [-0.1, -0.05) is 0 Å². The molecule has 1 aromatic heterocycles. The molecule has 18 heavy (non-hydrogen) atoms. The molecule has 98 valence electrons. The normalized spacial score (nSPS) is 20.3. The predicted molar refractivity (Wildman–Crippen MR) is 63.5 cm³/mol. The van der Waals surface area contributed by atoms with E-state index in [-0.39, 0.29) is 19.1 Å². The van der Waals surface area contributed by atoms with Crippen molar-refractivity contribution in [1.82, 2.24) is 9.88 Å². The minimum Gasteiger partial charge on any atom is -0.481 e. The Bertz CT molecular complexity index is 424. The predicted octanol–water partition coefficient (Wildman–Crippen LogP) is -0.0765. The Kier molecular flexibility index (Phi) is 4.11. The van der Waals surface area contributed by atoms with Crippen LogP contribution in [0.4, 0.5) is 0 Å². The average Bonchev–Trinajstić information content (AvgIpc) is 2.62. The van der Waals surface area contributed by atoms with Crippen LogP contribution in [-0.4, -0.2) is 60.4 Å². The van der Waals surface area contributed by atoms with Crippen LogP contribution in [0.5, 0.6) is 5.88 Å². The van der Waals surface area contributed by atoms with Crippen LogP contribution in [0.1, 0.15) is 10.4 Å². The first-order chi connectivity index (χ1) is 8.70. The molecule has 1 saturated heterocycles. The van der Waals surface area contributed by atoms with Gasteiger partial charge in [0.25, 0.3) is 5.91 Å². The molecule has 2 heterocycles. The number of amides is 1. The Morgan fingerprint density at radius 1 is 1.67 bits per heavy atom. The number of pyridine rings is 1. The van der Waals surface area contributed by atoms with Crippen molar-refractivity contribution in [2.75, 3.05) is 33.4 Å². The van der Waals surface area contributed by atoms with Crippen LogP contribution in [0.15, 0.2) is 18.3 Å². The van der Waals surface area contributed by atoms with Gasteiger partial charge >= 0.3 is 0 Å². The van der Waals surface area contributed by atoms with Gasteiger partial charge in [-0.05, 0) is 6.07 Å². The molecule has 0 bridgehead atoms. The summed E-state index contributed by atoms with van der Waals surface area (Å²) >= 11 is 0. The molecule has 0 saturated carbocycles. The van der Waals surface area contributed by atoms with Crippen LogP contribution < -0.4 is 4.74 Å². The van der Waals surface area contributed by atoms with Gasteiger partial charge < -0.3 is 19.5 Å². The summed E-state index contributed by atoms with van der Waals surface area (Å²) in [6.45, 7) is 1.46. The van der Waals surface area contributed by atoms with E-state index < -0.39 is 6.10 Å². The van der Waals surface area contributed by atoms with E-state index in [0.717, 1.165) is 0 Å². The average molecular weight is 252 g/mol. The van der Waals surface area contributed by atoms with Crippen molar-refractivity contribution < 1.29 is 19.4 Å². The van der Waals surface area contributed by atoms with Crippen molar-refractivity contribution in [3.05, 3.63) is 23.9 Å². The van der Waals surface area contributed by atoms with E-state index in [2.05, 4.69) is 4.98 Å². The fourth-order valence-corrected chi connectivity index (χ4v) is 1.81. The molecule has 1 N–H and O–H groups in total. The number of rotatable bonds is 2. The van der Waals surface area contributed by atoms with Gasteiger partial charge in [-0.25, -0.2) is 4.98 Å². The molecule has 2 rings (SSSR count). The summed E-state index contributed by atoms with van der Waals surface area (Å²) in [6, 6.07) is 3.21. The molecule has 1 amide bonds. The maximum Gasteiger partial charge on any atom is 0.254 e. The number of aliphatic hydroxyl groups is 1. The number of hydrogen-bond donors (Lipinski definition) is 1. The highest BCUT2D eigenvalue weighted by atomic mass is 16.5. The second-order valence-electron chi connectivity index (χ2n) is 4.07. The van der Waals surface area contributed by atoms with E-state index in [1.54, 1.807) is 17.0 Å². The van der Waals surface area contributed by atoms with Crippen molar-refractivity contribution in [2.45, 2.75) is 6.10 Å². The van der Waals surface area contributed by atoms with E-state index >= 15 is 0 Å². The molecule has 0 radical (unpaired) electrons. The monoisotopic (exact) mass is 252 g/mol. The van der Waals surface area contributed by atoms with Crippen LogP contribution in [-0.2, 0) is 4.74 Å². The van der Waals surface area contributed by atoms with Crippen molar-refractivity contribution in [2.24, 2.45) is 0 Å². The van der Waals surface area contributed by atoms with Crippen LogP contribution in [0.2, 0.25) is 0 Å². The molecular formula is C12H16N2O4. The Labute approximate surface area is 105 Å². The molecule has 1 fully saturated rings. The summed E-state index contributed by atoms with van der Waals surface area (Å²) in [4.78, 5) is 17.8. The van der Waals surface area contributed by atoms with E-state index in [9.17, 15) is 9.90 Å². The highest BCUT2D eigenvalue weighted by Crippen LogP contribution is 2.12. The van der Waals surface area contributed by atoms with Gasteiger partial charge in [0, 0.05) is 30.9 Å². The van der Waals surface area contributed by atoms with Crippen LogP contribution in [0.3, 0.4) is 0 Å². The van der Waals surface area contributed by atoms with E-state index in [0.29, 0.717) is 24.6 Å². The zero-order valence-electron chi connectivity index (χ0n) is 10.2. The first-order valence-corrected chi connectivity index (χ1v) is 5.76. The Balaban J connectivity index is 2.13. The lowest BCUT2D eigenvalue weighted by atomic mass is 10.2. The third-order valence-electron chi connectivity index (χ3n) is 2.73. The number of carbonyl (C=O) groups excluding carboxylic acids is 1. The Morgan fingerprint density at radius 3 is 3.28 bits per heavy atom. The van der Waals surface area contributed by atoms with Gasteiger partial charge in [-0.3, -0.25) is 4.79 Å². The molecule has 0 aliphatic carbocycles. The minimum atomic E-state index is -0.639. The number of nitrogens with zero attached hydrogens (tertiary/aromatic N) is 2. The van der Waals surface area contributed by atoms with Crippen LogP contribution in [0.25, 0.3) is 0 Å². The van der Waals surface area contributed by atoms with Crippen molar-refractivity contribution >= 4 is 5.91 Å². The fourth-order valence-electron chi connectivity index (χ4n) is 1.81. The van der Waals surface area contributed by atoms with Gasteiger partial charge in [0.2, 0.25) is 5.88 Å². The summed E-state index contributed by atoms with van der Waals surface area (Å²) in [5.74, 6) is 0.243. The number of β-amino-alcohol motifs (C(OH)–C–C–N with tert-alkyl or cyclic N) is 1. The SMILES string of the molecule is COc1cc(C(=O)N2CCOC[C@H](O)C2)ccn1. The number of carbonyl (C=O) groups is 1. The minimum absolute atomic E-state index is 0.153. The van der Waals surface area contributed by atoms with Crippen LogP contribution in [0, 0.1) is 0 Å².